The molecule has 0 aliphatic heterocycles. The van der Waals surface area contributed by atoms with Crippen molar-refractivity contribution in [3.05, 3.63) is 29.3 Å². The number of rotatable bonds is 4. The van der Waals surface area contributed by atoms with Gasteiger partial charge in [-0.15, -0.1) is 11.6 Å². The van der Waals surface area contributed by atoms with Crippen LogP contribution in [0.25, 0.3) is 0 Å². The van der Waals surface area contributed by atoms with Gasteiger partial charge in [-0.25, -0.2) is 0 Å². The van der Waals surface area contributed by atoms with Crippen LogP contribution in [0, 0.1) is 6.92 Å². The van der Waals surface area contributed by atoms with Crippen LogP contribution in [0.2, 0.25) is 0 Å². The van der Waals surface area contributed by atoms with Crippen molar-refractivity contribution in [1.82, 2.24) is 4.90 Å². The van der Waals surface area contributed by atoms with Gasteiger partial charge in [0, 0.05) is 18.5 Å². The number of hydrogen-bond acceptors (Lipinski definition) is 2. The van der Waals surface area contributed by atoms with Crippen LogP contribution in [0.5, 0.6) is 5.75 Å². The Hall–Kier alpha value is -1.22. The van der Waals surface area contributed by atoms with Gasteiger partial charge in [0.1, 0.15) is 5.75 Å². The highest BCUT2D eigenvalue weighted by atomic mass is 35.5. The number of nitrogens with zero attached hydrogens (tertiary/aromatic N) is 1. The fraction of sp³-hybridized carbons (Fsp3) is 0.462. The van der Waals surface area contributed by atoms with Crippen LogP contribution >= 0.6 is 11.6 Å². The number of para-hydroxylation sites is 1. The number of phenolic OH excluding ortho intramolecular Hbond substituents is 1. The summed E-state index contributed by atoms with van der Waals surface area (Å²) in [5.74, 6) is 0.390. The molecule has 0 radical (unpaired) electrons. The van der Waals surface area contributed by atoms with Gasteiger partial charge in [0.15, 0.2) is 0 Å². The lowest BCUT2D eigenvalue weighted by molar-refractivity contribution is 0.0750. The largest absolute Gasteiger partial charge is 0.507 e. The van der Waals surface area contributed by atoms with Crippen LogP contribution in [0.15, 0.2) is 18.2 Å². The molecular formula is C13H16ClNO2. The number of carbonyl (C=O) groups excluding carboxylic acids is 1. The van der Waals surface area contributed by atoms with Gasteiger partial charge in [0.25, 0.3) is 5.91 Å². The van der Waals surface area contributed by atoms with E-state index in [2.05, 4.69) is 0 Å². The van der Waals surface area contributed by atoms with E-state index >= 15 is 0 Å². The van der Waals surface area contributed by atoms with Gasteiger partial charge in [0.2, 0.25) is 0 Å². The lowest BCUT2D eigenvalue weighted by atomic mass is 10.1. The number of benzene rings is 1. The van der Waals surface area contributed by atoms with Crippen molar-refractivity contribution in [2.24, 2.45) is 0 Å². The van der Waals surface area contributed by atoms with Crippen LogP contribution in [0.1, 0.15) is 28.8 Å². The van der Waals surface area contributed by atoms with Gasteiger partial charge in [-0.2, -0.15) is 0 Å². The maximum absolute atomic E-state index is 12.3. The Labute approximate surface area is 106 Å². The van der Waals surface area contributed by atoms with Gasteiger partial charge in [-0.05, 0) is 31.4 Å². The molecule has 1 amide bonds. The van der Waals surface area contributed by atoms with E-state index in [1.807, 2.05) is 0 Å². The molecule has 92 valence electrons. The maximum atomic E-state index is 12.3. The minimum atomic E-state index is -0.116. The van der Waals surface area contributed by atoms with Crippen molar-refractivity contribution in [1.29, 1.82) is 0 Å². The number of phenols is 1. The summed E-state index contributed by atoms with van der Waals surface area (Å²) < 4.78 is 0. The quantitative estimate of drug-likeness (QED) is 0.838. The van der Waals surface area contributed by atoms with Gasteiger partial charge in [0.05, 0.1) is 5.56 Å². The first kappa shape index (κ1) is 12.2. The topological polar surface area (TPSA) is 40.5 Å². The molecule has 1 aromatic carbocycles. The van der Waals surface area contributed by atoms with E-state index in [4.69, 9.17) is 11.6 Å². The molecular weight excluding hydrogens is 238 g/mol. The molecule has 1 saturated carbocycles. The van der Waals surface area contributed by atoms with Crippen LogP contribution in [0.3, 0.4) is 0 Å². The lowest BCUT2D eigenvalue weighted by Gasteiger charge is -2.22. The molecule has 1 aliphatic rings. The Bertz CT molecular complexity index is 429. The predicted octanol–water partition coefficient (Wildman–Crippen LogP) is 2.54. The number of alkyl halides is 1. The molecule has 1 N–H and O–H groups in total. The third-order valence-corrected chi connectivity index (χ3v) is 3.21. The number of aryl methyl sites for hydroxylation is 1. The van der Waals surface area contributed by atoms with Crippen molar-refractivity contribution in [3.63, 3.8) is 0 Å². The second-order valence-corrected chi connectivity index (χ2v) is 4.77. The molecule has 17 heavy (non-hydrogen) atoms. The van der Waals surface area contributed by atoms with Crippen molar-refractivity contribution in [2.45, 2.75) is 25.8 Å². The van der Waals surface area contributed by atoms with Crippen molar-refractivity contribution >= 4 is 17.5 Å². The zero-order valence-electron chi connectivity index (χ0n) is 9.82. The third-order valence-electron chi connectivity index (χ3n) is 3.04. The number of amides is 1. The predicted molar refractivity (Wildman–Crippen MR) is 67.6 cm³/mol. The second kappa shape index (κ2) is 4.96. The van der Waals surface area contributed by atoms with E-state index in [0.29, 0.717) is 24.0 Å². The molecule has 1 aromatic rings. The molecule has 1 aliphatic carbocycles. The highest BCUT2D eigenvalue weighted by Gasteiger charge is 2.33. The van der Waals surface area contributed by atoms with Gasteiger partial charge < -0.3 is 10.0 Å². The Morgan fingerprint density at radius 1 is 1.53 bits per heavy atom. The highest BCUT2D eigenvalue weighted by molar-refractivity contribution is 6.18. The van der Waals surface area contributed by atoms with Crippen LogP contribution in [-0.4, -0.2) is 34.4 Å². The maximum Gasteiger partial charge on any atom is 0.257 e. The minimum Gasteiger partial charge on any atom is -0.507 e. The van der Waals surface area contributed by atoms with Crippen molar-refractivity contribution in [3.8, 4) is 5.75 Å². The Morgan fingerprint density at radius 2 is 2.24 bits per heavy atom. The first-order chi connectivity index (χ1) is 8.15. The standard InChI is InChI=1S/C13H16ClNO2/c1-9-3-2-4-11(12(9)16)13(17)15(8-7-14)10-5-6-10/h2-4,10,16H,5-8H2,1H3. The van der Waals surface area contributed by atoms with E-state index < -0.39 is 0 Å². The molecule has 0 heterocycles. The molecule has 1 fully saturated rings. The van der Waals surface area contributed by atoms with Crippen LogP contribution in [-0.2, 0) is 0 Å². The molecule has 0 bridgehead atoms. The van der Waals surface area contributed by atoms with E-state index in [1.54, 1.807) is 30.0 Å². The van der Waals surface area contributed by atoms with Crippen LogP contribution < -0.4 is 0 Å². The first-order valence-corrected chi connectivity index (χ1v) is 6.34. The Morgan fingerprint density at radius 3 is 2.82 bits per heavy atom. The summed E-state index contributed by atoms with van der Waals surface area (Å²) in [6.07, 6.45) is 2.07. The minimum absolute atomic E-state index is 0.0812. The summed E-state index contributed by atoms with van der Waals surface area (Å²) in [7, 11) is 0. The molecule has 4 heteroatoms. The van der Waals surface area contributed by atoms with E-state index in [-0.39, 0.29) is 11.7 Å². The zero-order valence-corrected chi connectivity index (χ0v) is 10.6. The fourth-order valence-corrected chi connectivity index (χ4v) is 2.10. The van der Waals surface area contributed by atoms with Crippen LogP contribution in [0.4, 0.5) is 0 Å². The summed E-state index contributed by atoms with van der Waals surface area (Å²) in [6.45, 7) is 2.33. The van der Waals surface area contributed by atoms with E-state index in [0.717, 1.165) is 18.4 Å². The van der Waals surface area contributed by atoms with Gasteiger partial charge in [-0.1, -0.05) is 12.1 Å². The van der Waals surface area contributed by atoms with Crippen molar-refractivity contribution in [2.75, 3.05) is 12.4 Å². The fourth-order valence-electron chi connectivity index (χ4n) is 1.91. The normalized spacial score (nSPS) is 14.7. The first-order valence-electron chi connectivity index (χ1n) is 5.80. The molecule has 2 rings (SSSR count). The highest BCUT2D eigenvalue weighted by Crippen LogP contribution is 2.30. The third kappa shape index (κ3) is 2.55. The summed E-state index contributed by atoms with van der Waals surface area (Å²) in [5.41, 5.74) is 1.10. The number of hydrogen-bond donors (Lipinski definition) is 1. The molecule has 3 nitrogen and oxygen atoms in total. The van der Waals surface area contributed by atoms with E-state index in [9.17, 15) is 9.90 Å². The average Bonchev–Trinajstić information content (AvgIpc) is 3.13. The average molecular weight is 254 g/mol. The smallest absolute Gasteiger partial charge is 0.257 e. The molecule has 0 aromatic heterocycles. The summed E-state index contributed by atoms with van der Waals surface area (Å²) in [4.78, 5) is 14.1. The van der Waals surface area contributed by atoms with Gasteiger partial charge in [-0.3, -0.25) is 4.79 Å². The molecule has 0 atom stereocenters. The lowest BCUT2D eigenvalue weighted by Crippen LogP contribution is -2.34. The molecule has 0 unspecified atom stereocenters. The molecule has 0 saturated heterocycles. The number of halogens is 1. The number of carbonyl (C=O) groups is 1. The van der Waals surface area contributed by atoms with Gasteiger partial charge >= 0.3 is 0 Å². The summed E-state index contributed by atoms with van der Waals surface area (Å²) in [5, 5.41) is 9.91. The SMILES string of the molecule is Cc1cccc(C(=O)N(CCCl)C2CC2)c1O. The van der Waals surface area contributed by atoms with E-state index in [1.165, 1.54) is 0 Å². The zero-order chi connectivity index (χ0) is 12.4. The summed E-state index contributed by atoms with van der Waals surface area (Å²) in [6, 6.07) is 5.54. The van der Waals surface area contributed by atoms with Crippen molar-refractivity contribution < 1.29 is 9.90 Å². The Balaban J connectivity index is 2.25. The monoisotopic (exact) mass is 253 g/mol. The molecule has 0 spiro atoms. The number of aromatic hydroxyl groups is 1. The Kier molecular flexibility index (Phi) is 3.57. The summed E-state index contributed by atoms with van der Waals surface area (Å²) >= 11 is 5.71. The second-order valence-electron chi connectivity index (χ2n) is 4.39.